The number of carbonyl (C=O) groups is 1. The van der Waals surface area contributed by atoms with Gasteiger partial charge in [-0.05, 0) is 12.5 Å². The second-order valence-electron chi connectivity index (χ2n) is 4.36. The van der Waals surface area contributed by atoms with Crippen LogP contribution in [0.2, 0.25) is 0 Å². The van der Waals surface area contributed by atoms with Crippen LogP contribution in [0.25, 0.3) is 0 Å². The van der Waals surface area contributed by atoms with Gasteiger partial charge in [-0.3, -0.25) is 14.9 Å². The molecule has 1 rings (SSSR count). The smallest absolute Gasteiger partial charge is 0.271 e. The van der Waals surface area contributed by atoms with E-state index in [1.807, 2.05) is 0 Å². The van der Waals surface area contributed by atoms with E-state index in [0.29, 0.717) is 0 Å². The highest BCUT2D eigenvalue weighted by molar-refractivity contribution is 8.13. The minimum absolute atomic E-state index is 0.175. The van der Waals surface area contributed by atoms with Crippen molar-refractivity contribution in [3.63, 3.8) is 0 Å². The number of rotatable bonds is 5. The van der Waals surface area contributed by atoms with Crippen LogP contribution in [0.1, 0.15) is 5.56 Å². The lowest BCUT2D eigenvalue weighted by atomic mass is 10.2. The zero-order chi connectivity index (χ0) is 16.4. The Balaban J connectivity index is 3.31. The lowest BCUT2D eigenvalue weighted by Gasteiger charge is -2.14. The van der Waals surface area contributed by atoms with E-state index in [1.165, 1.54) is 25.9 Å². The van der Waals surface area contributed by atoms with E-state index >= 15 is 0 Å². The van der Waals surface area contributed by atoms with Crippen LogP contribution < -0.4 is 4.74 Å². The van der Waals surface area contributed by atoms with Gasteiger partial charge in [0.05, 0.1) is 4.92 Å². The van der Waals surface area contributed by atoms with Crippen molar-refractivity contribution in [2.45, 2.75) is 11.8 Å². The van der Waals surface area contributed by atoms with Crippen LogP contribution in [0, 0.1) is 17.0 Å². The van der Waals surface area contributed by atoms with Gasteiger partial charge in [0, 0.05) is 36.9 Å². The molecule has 0 atom stereocenters. The van der Waals surface area contributed by atoms with Gasteiger partial charge >= 0.3 is 0 Å². The molecule has 21 heavy (non-hydrogen) atoms. The molecule has 116 valence electrons. The van der Waals surface area contributed by atoms with Gasteiger partial charge in [-0.1, -0.05) is 0 Å². The van der Waals surface area contributed by atoms with Crippen LogP contribution in [0.5, 0.6) is 5.75 Å². The van der Waals surface area contributed by atoms with Crippen LogP contribution in [0.3, 0.4) is 0 Å². The zero-order valence-electron chi connectivity index (χ0n) is 11.5. The molecule has 0 spiro atoms. The topological polar surface area (TPSA) is 107 Å². The number of carbonyl (C=O) groups excluding carboxylic acids is 1. The number of hydrogen-bond donors (Lipinski definition) is 0. The Kier molecular flexibility index (Phi) is 5.13. The fourth-order valence-electron chi connectivity index (χ4n) is 1.46. The second kappa shape index (κ2) is 6.27. The van der Waals surface area contributed by atoms with Gasteiger partial charge < -0.3 is 9.64 Å². The van der Waals surface area contributed by atoms with E-state index in [2.05, 4.69) is 0 Å². The molecule has 0 aliphatic rings. The number of benzene rings is 1. The Labute approximate surface area is 125 Å². The van der Waals surface area contributed by atoms with E-state index in [0.717, 1.165) is 12.1 Å². The van der Waals surface area contributed by atoms with Gasteiger partial charge in [0.1, 0.15) is 10.6 Å². The van der Waals surface area contributed by atoms with Crippen LogP contribution in [-0.2, 0) is 13.8 Å². The molecule has 8 nitrogen and oxygen atoms in total. The van der Waals surface area contributed by atoms with Crippen molar-refractivity contribution in [1.82, 2.24) is 4.90 Å². The van der Waals surface area contributed by atoms with Crippen LogP contribution >= 0.6 is 10.7 Å². The summed E-state index contributed by atoms with van der Waals surface area (Å²) in [5.41, 5.74) is -0.243. The van der Waals surface area contributed by atoms with Crippen molar-refractivity contribution in [3.05, 3.63) is 27.8 Å². The first-order chi connectivity index (χ1) is 9.54. The molecule has 0 saturated heterocycles. The Morgan fingerprint density at radius 2 is 2.00 bits per heavy atom. The van der Waals surface area contributed by atoms with Crippen molar-refractivity contribution in [2.24, 2.45) is 0 Å². The monoisotopic (exact) mass is 336 g/mol. The lowest BCUT2D eigenvalue weighted by molar-refractivity contribution is -0.385. The SMILES string of the molecule is Cc1cc([N+](=O)[O-])cc(S(=O)(=O)Cl)c1OCC(=O)N(C)C. The first-order valence-electron chi connectivity index (χ1n) is 5.60. The molecule has 10 heteroatoms. The van der Waals surface area contributed by atoms with Crippen molar-refractivity contribution < 1.29 is 22.9 Å². The summed E-state index contributed by atoms with van der Waals surface area (Å²) < 4.78 is 28.2. The van der Waals surface area contributed by atoms with E-state index in [1.54, 1.807) is 0 Å². The normalized spacial score (nSPS) is 11.0. The molecule has 0 fully saturated rings. The minimum atomic E-state index is -4.26. The molecule has 0 aliphatic carbocycles. The number of nitro groups is 1. The van der Waals surface area contributed by atoms with Gasteiger partial charge in [-0.2, -0.15) is 0 Å². The van der Waals surface area contributed by atoms with E-state index in [9.17, 15) is 23.3 Å². The van der Waals surface area contributed by atoms with Gasteiger partial charge in [-0.25, -0.2) is 8.42 Å². The summed E-state index contributed by atoms with van der Waals surface area (Å²) in [6.07, 6.45) is 0. The molecule has 1 amide bonds. The molecule has 0 aliphatic heterocycles. The second-order valence-corrected chi connectivity index (χ2v) is 6.90. The molecule has 0 saturated carbocycles. The third-order valence-corrected chi connectivity index (χ3v) is 3.86. The van der Waals surface area contributed by atoms with Gasteiger partial charge in [-0.15, -0.1) is 0 Å². The summed E-state index contributed by atoms with van der Waals surface area (Å²) in [6.45, 7) is 1.01. The van der Waals surface area contributed by atoms with Gasteiger partial charge in [0.2, 0.25) is 0 Å². The standard InChI is InChI=1S/C11H13ClN2O6S/c1-7-4-8(14(16)17)5-9(21(12,18)19)11(7)20-6-10(15)13(2)3/h4-5H,6H2,1-3H3. The molecule has 0 unspecified atom stereocenters. The Morgan fingerprint density at radius 3 is 2.43 bits per heavy atom. The van der Waals surface area contributed by atoms with Gasteiger partial charge in [0.25, 0.3) is 20.6 Å². The van der Waals surface area contributed by atoms with Crippen LogP contribution in [-0.4, -0.2) is 44.9 Å². The number of ether oxygens (including phenoxy) is 1. The Hall–Kier alpha value is -1.87. The molecule has 0 aromatic heterocycles. The summed E-state index contributed by atoms with van der Waals surface area (Å²) in [7, 11) is 4.02. The van der Waals surface area contributed by atoms with E-state index in [-0.39, 0.29) is 11.3 Å². The summed E-state index contributed by atoms with van der Waals surface area (Å²) in [6, 6.07) is 1.94. The number of amides is 1. The quantitative estimate of drug-likeness (QED) is 0.455. The Bertz CT molecular complexity index is 686. The lowest BCUT2D eigenvalue weighted by Crippen LogP contribution is -2.28. The number of aryl methyl sites for hydroxylation is 1. The summed E-state index contributed by atoms with van der Waals surface area (Å²) in [5, 5.41) is 10.8. The number of nitrogens with zero attached hydrogens (tertiary/aromatic N) is 2. The summed E-state index contributed by atoms with van der Waals surface area (Å²) in [4.78, 5) is 22.2. The third-order valence-electron chi connectivity index (χ3n) is 2.54. The first kappa shape index (κ1) is 17.2. The van der Waals surface area contributed by atoms with Crippen LogP contribution in [0.15, 0.2) is 17.0 Å². The van der Waals surface area contributed by atoms with E-state index < -0.39 is 37.1 Å². The fraction of sp³-hybridized carbons (Fsp3) is 0.364. The largest absolute Gasteiger partial charge is 0.482 e. The molecule has 1 aromatic carbocycles. The number of likely N-dealkylation sites (N-methyl/N-ethyl adjacent to an activating group) is 1. The van der Waals surface area contributed by atoms with Crippen molar-refractivity contribution in [2.75, 3.05) is 20.7 Å². The Morgan fingerprint density at radius 1 is 1.43 bits per heavy atom. The van der Waals surface area contributed by atoms with Gasteiger partial charge in [0.15, 0.2) is 6.61 Å². The predicted molar refractivity (Wildman–Crippen MR) is 75.1 cm³/mol. The summed E-state index contributed by atoms with van der Waals surface area (Å²) >= 11 is 0. The molecule has 1 aromatic rings. The maximum absolute atomic E-state index is 11.5. The van der Waals surface area contributed by atoms with Crippen molar-refractivity contribution >= 4 is 31.3 Å². The fourth-order valence-corrected chi connectivity index (χ4v) is 2.50. The number of nitro benzene ring substituents is 1. The van der Waals surface area contributed by atoms with E-state index in [4.69, 9.17) is 15.4 Å². The van der Waals surface area contributed by atoms with Crippen LogP contribution in [0.4, 0.5) is 5.69 Å². The van der Waals surface area contributed by atoms with Crippen molar-refractivity contribution in [1.29, 1.82) is 0 Å². The number of halogens is 1. The molecule has 0 N–H and O–H groups in total. The molecular weight excluding hydrogens is 324 g/mol. The molecule has 0 radical (unpaired) electrons. The molecule has 0 bridgehead atoms. The highest BCUT2D eigenvalue weighted by atomic mass is 35.7. The zero-order valence-corrected chi connectivity index (χ0v) is 13.1. The average molecular weight is 337 g/mol. The summed E-state index contributed by atoms with van der Waals surface area (Å²) in [5.74, 6) is -0.573. The maximum Gasteiger partial charge on any atom is 0.271 e. The van der Waals surface area contributed by atoms with Crippen molar-refractivity contribution in [3.8, 4) is 5.75 Å². The minimum Gasteiger partial charge on any atom is -0.482 e. The highest BCUT2D eigenvalue weighted by Crippen LogP contribution is 2.34. The first-order valence-corrected chi connectivity index (χ1v) is 7.91. The number of hydrogen-bond acceptors (Lipinski definition) is 6. The maximum atomic E-state index is 11.5. The third kappa shape index (κ3) is 4.30. The molecule has 0 heterocycles. The highest BCUT2D eigenvalue weighted by Gasteiger charge is 2.24. The predicted octanol–water partition coefficient (Wildman–Crippen LogP) is 1.30. The average Bonchev–Trinajstić information content (AvgIpc) is 2.34. The molecular formula is C11H13ClN2O6S. The number of non-ortho nitro benzene ring substituents is 1.